The summed E-state index contributed by atoms with van der Waals surface area (Å²) in [6.45, 7) is 9.11. The number of hydrogen-bond acceptors (Lipinski definition) is 4. The van der Waals surface area contributed by atoms with E-state index in [1.165, 1.54) is 5.56 Å². The molecule has 0 spiro atoms. The third-order valence-electron chi connectivity index (χ3n) is 3.65. The molecule has 104 valence electrons. The van der Waals surface area contributed by atoms with Crippen molar-refractivity contribution in [1.29, 1.82) is 0 Å². The standard InChI is InChI=1S/C15H21NO3/c1-14(2)9-17-10-15(3,16-14)11-4-5-12-13(8-11)19-7-6-18-12/h4-5,8,16H,6-7,9-10H2,1-3H3. The van der Waals surface area contributed by atoms with Gasteiger partial charge in [-0.25, -0.2) is 0 Å². The molecule has 1 aromatic carbocycles. The number of ether oxygens (including phenoxy) is 3. The van der Waals surface area contributed by atoms with Crippen LogP contribution < -0.4 is 14.8 Å². The second-order valence-electron chi connectivity index (χ2n) is 6.19. The van der Waals surface area contributed by atoms with E-state index in [4.69, 9.17) is 14.2 Å². The van der Waals surface area contributed by atoms with Gasteiger partial charge < -0.3 is 14.2 Å². The molecule has 1 unspecified atom stereocenters. The van der Waals surface area contributed by atoms with Gasteiger partial charge in [0.25, 0.3) is 0 Å². The van der Waals surface area contributed by atoms with Crippen molar-refractivity contribution >= 4 is 0 Å². The average Bonchev–Trinajstić information content (AvgIpc) is 2.36. The van der Waals surface area contributed by atoms with E-state index >= 15 is 0 Å². The van der Waals surface area contributed by atoms with E-state index in [-0.39, 0.29) is 11.1 Å². The molecule has 1 aromatic rings. The molecule has 0 saturated carbocycles. The largest absolute Gasteiger partial charge is 0.486 e. The Hall–Kier alpha value is -1.26. The second kappa shape index (κ2) is 4.39. The van der Waals surface area contributed by atoms with Crippen LogP contribution in [0.1, 0.15) is 26.3 Å². The summed E-state index contributed by atoms with van der Waals surface area (Å²) in [5.41, 5.74) is 0.946. The summed E-state index contributed by atoms with van der Waals surface area (Å²) in [7, 11) is 0. The Morgan fingerprint density at radius 3 is 2.47 bits per heavy atom. The monoisotopic (exact) mass is 263 g/mol. The Kier molecular flexibility index (Phi) is 2.95. The molecular formula is C15H21NO3. The zero-order valence-corrected chi connectivity index (χ0v) is 11.8. The first-order valence-electron chi connectivity index (χ1n) is 6.76. The number of rotatable bonds is 1. The first-order chi connectivity index (χ1) is 8.99. The normalized spacial score (nSPS) is 29.0. The highest BCUT2D eigenvalue weighted by molar-refractivity contribution is 5.46. The maximum absolute atomic E-state index is 5.76. The van der Waals surface area contributed by atoms with Crippen LogP contribution in [0.4, 0.5) is 0 Å². The Balaban J connectivity index is 1.92. The molecule has 1 fully saturated rings. The summed E-state index contributed by atoms with van der Waals surface area (Å²) < 4.78 is 17.0. The summed E-state index contributed by atoms with van der Waals surface area (Å²) in [6.07, 6.45) is 0. The number of benzene rings is 1. The van der Waals surface area contributed by atoms with E-state index < -0.39 is 0 Å². The smallest absolute Gasteiger partial charge is 0.161 e. The molecule has 0 amide bonds. The average molecular weight is 263 g/mol. The van der Waals surface area contributed by atoms with Crippen LogP contribution >= 0.6 is 0 Å². The first-order valence-corrected chi connectivity index (χ1v) is 6.76. The van der Waals surface area contributed by atoms with Gasteiger partial charge in [0.05, 0.1) is 18.8 Å². The third-order valence-corrected chi connectivity index (χ3v) is 3.65. The maximum Gasteiger partial charge on any atom is 0.161 e. The maximum atomic E-state index is 5.76. The van der Waals surface area contributed by atoms with E-state index in [1.54, 1.807) is 0 Å². The van der Waals surface area contributed by atoms with Crippen molar-refractivity contribution in [1.82, 2.24) is 5.32 Å². The van der Waals surface area contributed by atoms with E-state index in [0.717, 1.165) is 18.1 Å². The van der Waals surface area contributed by atoms with Gasteiger partial charge in [0.15, 0.2) is 11.5 Å². The minimum absolute atomic E-state index is 0.0275. The molecule has 1 atom stereocenters. The summed E-state index contributed by atoms with van der Waals surface area (Å²) in [5, 5.41) is 3.67. The highest BCUT2D eigenvalue weighted by Gasteiger charge is 2.38. The van der Waals surface area contributed by atoms with Gasteiger partial charge in [-0.1, -0.05) is 6.07 Å². The predicted molar refractivity (Wildman–Crippen MR) is 72.8 cm³/mol. The van der Waals surface area contributed by atoms with Gasteiger partial charge in [0, 0.05) is 5.54 Å². The first kappa shape index (κ1) is 12.8. The van der Waals surface area contributed by atoms with Crippen LogP contribution in [0.5, 0.6) is 11.5 Å². The van der Waals surface area contributed by atoms with Gasteiger partial charge >= 0.3 is 0 Å². The fourth-order valence-electron chi connectivity index (χ4n) is 2.87. The van der Waals surface area contributed by atoms with Crippen LogP contribution in [-0.4, -0.2) is 32.0 Å². The molecule has 19 heavy (non-hydrogen) atoms. The number of hydrogen-bond donors (Lipinski definition) is 1. The van der Waals surface area contributed by atoms with Gasteiger partial charge in [-0.05, 0) is 38.5 Å². The van der Waals surface area contributed by atoms with Crippen molar-refractivity contribution < 1.29 is 14.2 Å². The lowest BCUT2D eigenvalue weighted by Gasteiger charge is -2.44. The molecule has 0 aliphatic carbocycles. The lowest BCUT2D eigenvalue weighted by molar-refractivity contribution is -0.0265. The molecule has 0 bridgehead atoms. The van der Waals surface area contributed by atoms with Gasteiger partial charge in [-0.2, -0.15) is 0 Å². The molecule has 4 nitrogen and oxygen atoms in total. The van der Waals surface area contributed by atoms with Crippen molar-refractivity contribution in [2.75, 3.05) is 26.4 Å². The van der Waals surface area contributed by atoms with Gasteiger partial charge in [-0.3, -0.25) is 5.32 Å². The van der Waals surface area contributed by atoms with Crippen molar-refractivity contribution in [3.63, 3.8) is 0 Å². The van der Waals surface area contributed by atoms with E-state index in [9.17, 15) is 0 Å². The molecule has 0 radical (unpaired) electrons. The van der Waals surface area contributed by atoms with Crippen molar-refractivity contribution in [3.05, 3.63) is 23.8 Å². The number of nitrogens with one attached hydrogen (secondary N) is 1. The Labute approximate surface area is 114 Å². The van der Waals surface area contributed by atoms with E-state index in [1.807, 2.05) is 6.07 Å². The molecule has 1 saturated heterocycles. The fourth-order valence-corrected chi connectivity index (χ4v) is 2.87. The van der Waals surface area contributed by atoms with Crippen LogP contribution in [0, 0.1) is 0 Å². The molecule has 2 heterocycles. The zero-order valence-electron chi connectivity index (χ0n) is 11.8. The minimum Gasteiger partial charge on any atom is -0.486 e. The van der Waals surface area contributed by atoms with E-state index in [2.05, 4.69) is 38.2 Å². The van der Waals surface area contributed by atoms with Crippen molar-refractivity contribution in [2.24, 2.45) is 0 Å². The van der Waals surface area contributed by atoms with Gasteiger partial charge in [0.1, 0.15) is 13.2 Å². The molecule has 0 aromatic heterocycles. The number of morpholine rings is 1. The fraction of sp³-hybridized carbons (Fsp3) is 0.600. The minimum atomic E-state index is -0.197. The van der Waals surface area contributed by atoms with Gasteiger partial charge in [0.2, 0.25) is 0 Å². The predicted octanol–water partition coefficient (Wildman–Crippen LogP) is 2.07. The second-order valence-corrected chi connectivity index (χ2v) is 6.19. The van der Waals surface area contributed by atoms with Crippen LogP contribution in [0.2, 0.25) is 0 Å². The Bertz CT molecular complexity index is 486. The van der Waals surface area contributed by atoms with E-state index in [0.29, 0.717) is 19.8 Å². The lowest BCUT2D eigenvalue weighted by atomic mass is 9.87. The topological polar surface area (TPSA) is 39.7 Å². The Morgan fingerprint density at radius 2 is 1.74 bits per heavy atom. The molecular weight excluding hydrogens is 242 g/mol. The summed E-state index contributed by atoms with van der Waals surface area (Å²) in [5.74, 6) is 1.66. The third kappa shape index (κ3) is 2.42. The summed E-state index contributed by atoms with van der Waals surface area (Å²) in [6, 6.07) is 6.13. The highest BCUT2D eigenvalue weighted by Crippen LogP contribution is 2.36. The molecule has 2 aliphatic heterocycles. The van der Waals surface area contributed by atoms with Crippen LogP contribution in [0.3, 0.4) is 0 Å². The SMILES string of the molecule is CC1(C)COCC(C)(c2ccc3c(c2)OCCO3)N1. The molecule has 3 rings (SSSR count). The summed E-state index contributed by atoms with van der Waals surface area (Å²) in [4.78, 5) is 0. The molecule has 1 N–H and O–H groups in total. The highest BCUT2D eigenvalue weighted by atomic mass is 16.6. The van der Waals surface area contributed by atoms with Gasteiger partial charge in [-0.15, -0.1) is 0 Å². The number of fused-ring (bicyclic) bond motifs is 1. The Morgan fingerprint density at radius 1 is 1.00 bits per heavy atom. The summed E-state index contributed by atoms with van der Waals surface area (Å²) >= 11 is 0. The molecule has 2 aliphatic rings. The zero-order chi connectivity index (χ0) is 13.5. The lowest BCUT2D eigenvalue weighted by Crippen LogP contribution is -2.60. The van der Waals surface area contributed by atoms with Crippen LogP contribution in [0.25, 0.3) is 0 Å². The molecule has 4 heteroatoms. The van der Waals surface area contributed by atoms with Crippen molar-refractivity contribution in [3.8, 4) is 11.5 Å². The van der Waals surface area contributed by atoms with Crippen LogP contribution in [-0.2, 0) is 10.3 Å². The van der Waals surface area contributed by atoms with Crippen LogP contribution in [0.15, 0.2) is 18.2 Å². The quantitative estimate of drug-likeness (QED) is 0.842. The van der Waals surface area contributed by atoms with Crippen molar-refractivity contribution in [2.45, 2.75) is 31.8 Å².